The number of nitrogens with one attached hydrogen (secondary N) is 1. The van der Waals surface area contributed by atoms with Crippen molar-refractivity contribution in [3.05, 3.63) is 57.8 Å². The van der Waals surface area contributed by atoms with Gasteiger partial charge in [0.25, 0.3) is 5.91 Å². The van der Waals surface area contributed by atoms with E-state index in [1.165, 1.54) is 13.2 Å². The van der Waals surface area contributed by atoms with E-state index in [2.05, 4.69) is 21.2 Å². The number of aryl methyl sites for hydroxylation is 1. The molecule has 0 aliphatic heterocycles. The molecule has 0 aromatic heterocycles. The van der Waals surface area contributed by atoms with E-state index in [1.54, 1.807) is 12.1 Å². The Morgan fingerprint density at radius 2 is 1.96 bits per heavy atom. The highest BCUT2D eigenvalue weighted by molar-refractivity contribution is 9.10. The SMILES string of the molecule is COc1ccc(C)cc1NC(=O)COC(=O)c1ccc(F)cc1Br. The number of esters is 1. The summed E-state index contributed by atoms with van der Waals surface area (Å²) in [6.45, 7) is 1.40. The van der Waals surface area contributed by atoms with Crippen molar-refractivity contribution < 1.29 is 23.5 Å². The summed E-state index contributed by atoms with van der Waals surface area (Å²) in [4.78, 5) is 23.9. The quantitative estimate of drug-likeness (QED) is 0.783. The molecule has 0 radical (unpaired) electrons. The van der Waals surface area contributed by atoms with Crippen molar-refractivity contribution in [3.63, 3.8) is 0 Å². The lowest BCUT2D eigenvalue weighted by molar-refractivity contribution is -0.119. The van der Waals surface area contributed by atoms with E-state index in [-0.39, 0.29) is 10.0 Å². The minimum Gasteiger partial charge on any atom is -0.495 e. The summed E-state index contributed by atoms with van der Waals surface area (Å²) in [5, 5.41) is 2.62. The van der Waals surface area contributed by atoms with Gasteiger partial charge in [-0.1, -0.05) is 6.07 Å². The number of hydrogen-bond acceptors (Lipinski definition) is 4. The minimum absolute atomic E-state index is 0.136. The highest BCUT2D eigenvalue weighted by Gasteiger charge is 2.15. The molecule has 0 aliphatic rings. The van der Waals surface area contributed by atoms with Gasteiger partial charge in [-0.15, -0.1) is 0 Å². The van der Waals surface area contributed by atoms with Crippen LogP contribution in [-0.4, -0.2) is 25.6 Å². The molecule has 0 fully saturated rings. The number of halogens is 2. The first-order valence-electron chi connectivity index (χ1n) is 6.97. The van der Waals surface area contributed by atoms with Crippen LogP contribution in [0.3, 0.4) is 0 Å². The summed E-state index contributed by atoms with van der Waals surface area (Å²) in [5.41, 5.74) is 1.57. The van der Waals surface area contributed by atoms with Gasteiger partial charge in [-0.3, -0.25) is 4.79 Å². The van der Waals surface area contributed by atoms with E-state index in [1.807, 2.05) is 13.0 Å². The summed E-state index contributed by atoms with van der Waals surface area (Å²) >= 11 is 3.08. The van der Waals surface area contributed by atoms with Crippen molar-refractivity contribution in [1.82, 2.24) is 0 Å². The second-order valence-electron chi connectivity index (χ2n) is 4.95. The molecule has 0 bridgehead atoms. The van der Waals surface area contributed by atoms with Crippen LogP contribution in [0.5, 0.6) is 5.75 Å². The molecule has 2 rings (SSSR count). The first-order chi connectivity index (χ1) is 11.4. The second kappa shape index (κ2) is 7.92. The van der Waals surface area contributed by atoms with Crippen LogP contribution in [0.2, 0.25) is 0 Å². The van der Waals surface area contributed by atoms with Crippen molar-refractivity contribution in [2.45, 2.75) is 6.92 Å². The fourth-order valence-electron chi connectivity index (χ4n) is 1.97. The van der Waals surface area contributed by atoms with Gasteiger partial charge in [0.05, 0.1) is 18.4 Å². The van der Waals surface area contributed by atoms with E-state index < -0.39 is 24.3 Å². The summed E-state index contributed by atoms with van der Waals surface area (Å²) in [6, 6.07) is 8.89. The zero-order valence-corrected chi connectivity index (χ0v) is 14.6. The summed E-state index contributed by atoms with van der Waals surface area (Å²) in [7, 11) is 1.49. The number of carbonyl (C=O) groups is 2. The van der Waals surface area contributed by atoms with Gasteiger partial charge < -0.3 is 14.8 Å². The first-order valence-corrected chi connectivity index (χ1v) is 7.76. The summed E-state index contributed by atoms with van der Waals surface area (Å²) in [5.74, 6) is -1.22. The van der Waals surface area contributed by atoms with Gasteiger partial charge in [-0.25, -0.2) is 9.18 Å². The maximum atomic E-state index is 13.0. The summed E-state index contributed by atoms with van der Waals surface area (Å²) in [6.07, 6.45) is 0. The number of anilines is 1. The Bertz CT molecular complexity index is 779. The molecule has 2 aromatic carbocycles. The van der Waals surface area contributed by atoms with Crippen molar-refractivity contribution >= 4 is 33.5 Å². The standard InChI is InChI=1S/C17H15BrFNO4/c1-10-3-6-15(23-2)14(7-10)20-16(21)9-24-17(22)12-5-4-11(19)8-13(12)18/h3-8H,9H2,1-2H3,(H,20,21). The Kier molecular flexibility index (Phi) is 5.92. The molecule has 2 aromatic rings. The topological polar surface area (TPSA) is 64.6 Å². The lowest BCUT2D eigenvalue weighted by Gasteiger charge is -2.11. The molecule has 24 heavy (non-hydrogen) atoms. The maximum Gasteiger partial charge on any atom is 0.339 e. The van der Waals surface area contributed by atoms with Crippen molar-refractivity contribution in [3.8, 4) is 5.75 Å². The molecular formula is C17H15BrFNO4. The normalized spacial score (nSPS) is 10.2. The van der Waals surface area contributed by atoms with Crippen LogP contribution in [0, 0.1) is 12.7 Å². The van der Waals surface area contributed by atoms with Gasteiger partial charge in [0, 0.05) is 4.47 Å². The van der Waals surface area contributed by atoms with E-state index in [0.29, 0.717) is 11.4 Å². The maximum absolute atomic E-state index is 13.0. The van der Waals surface area contributed by atoms with Crippen LogP contribution in [0.15, 0.2) is 40.9 Å². The van der Waals surface area contributed by atoms with E-state index >= 15 is 0 Å². The van der Waals surface area contributed by atoms with Gasteiger partial charge in [0.2, 0.25) is 0 Å². The average Bonchev–Trinajstić information content (AvgIpc) is 2.53. The molecule has 0 saturated carbocycles. The average molecular weight is 396 g/mol. The largest absolute Gasteiger partial charge is 0.495 e. The van der Waals surface area contributed by atoms with Crippen LogP contribution in [-0.2, 0) is 9.53 Å². The Hall–Kier alpha value is -2.41. The van der Waals surface area contributed by atoms with Crippen molar-refractivity contribution in [1.29, 1.82) is 0 Å². The third-order valence-electron chi connectivity index (χ3n) is 3.11. The lowest BCUT2D eigenvalue weighted by Crippen LogP contribution is -2.21. The molecule has 0 spiro atoms. The second-order valence-corrected chi connectivity index (χ2v) is 5.81. The Labute approximate surface area is 146 Å². The third-order valence-corrected chi connectivity index (χ3v) is 3.77. The molecule has 126 valence electrons. The van der Waals surface area contributed by atoms with E-state index in [4.69, 9.17) is 9.47 Å². The zero-order chi connectivity index (χ0) is 17.7. The number of rotatable bonds is 5. The molecule has 5 nitrogen and oxygen atoms in total. The van der Waals surface area contributed by atoms with Crippen LogP contribution in [0.25, 0.3) is 0 Å². The van der Waals surface area contributed by atoms with Gasteiger partial charge in [-0.2, -0.15) is 0 Å². The van der Waals surface area contributed by atoms with Gasteiger partial charge in [0.1, 0.15) is 11.6 Å². The molecular weight excluding hydrogens is 381 g/mol. The molecule has 1 N–H and O–H groups in total. The molecule has 1 amide bonds. The summed E-state index contributed by atoms with van der Waals surface area (Å²) < 4.78 is 23.4. The Morgan fingerprint density at radius 1 is 1.21 bits per heavy atom. The van der Waals surface area contributed by atoms with Crippen molar-refractivity contribution in [2.24, 2.45) is 0 Å². The first kappa shape index (κ1) is 17.9. The van der Waals surface area contributed by atoms with Crippen LogP contribution >= 0.6 is 15.9 Å². The zero-order valence-electron chi connectivity index (χ0n) is 13.1. The number of amides is 1. The third kappa shape index (κ3) is 4.55. The molecule has 0 aliphatic carbocycles. The number of methoxy groups -OCH3 is 1. The van der Waals surface area contributed by atoms with Crippen LogP contribution < -0.4 is 10.1 Å². The highest BCUT2D eigenvalue weighted by atomic mass is 79.9. The smallest absolute Gasteiger partial charge is 0.339 e. The van der Waals surface area contributed by atoms with Crippen LogP contribution in [0.4, 0.5) is 10.1 Å². The molecule has 0 atom stereocenters. The fraction of sp³-hybridized carbons (Fsp3) is 0.176. The molecule has 0 saturated heterocycles. The Balaban J connectivity index is 1.98. The van der Waals surface area contributed by atoms with Crippen LogP contribution in [0.1, 0.15) is 15.9 Å². The molecule has 0 unspecified atom stereocenters. The van der Waals surface area contributed by atoms with Gasteiger partial charge in [-0.05, 0) is 58.7 Å². The van der Waals surface area contributed by atoms with E-state index in [0.717, 1.165) is 17.7 Å². The number of carbonyl (C=O) groups excluding carboxylic acids is 2. The van der Waals surface area contributed by atoms with Crippen molar-refractivity contribution in [2.75, 3.05) is 19.0 Å². The Morgan fingerprint density at radius 3 is 2.62 bits per heavy atom. The van der Waals surface area contributed by atoms with Gasteiger partial charge in [0.15, 0.2) is 6.61 Å². The van der Waals surface area contributed by atoms with Gasteiger partial charge >= 0.3 is 5.97 Å². The van der Waals surface area contributed by atoms with E-state index in [9.17, 15) is 14.0 Å². The predicted molar refractivity (Wildman–Crippen MR) is 90.7 cm³/mol. The monoisotopic (exact) mass is 395 g/mol. The number of hydrogen-bond donors (Lipinski definition) is 1. The fourth-order valence-corrected chi connectivity index (χ4v) is 2.48. The molecule has 7 heteroatoms. The highest BCUT2D eigenvalue weighted by Crippen LogP contribution is 2.25. The predicted octanol–water partition coefficient (Wildman–Crippen LogP) is 3.70. The number of ether oxygens (including phenoxy) is 2. The minimum atomic E-state index is -0.728. The number of benzene rings is 2. The lowest BCUT2D eigenvalue weighted by atomic mass is 10.2. The molecule has 0 heterocycles.